The Morgan fingerprint density at radius 3 is 2.84 bits per heavy atom. The fraction of sp³-hybridized carbons (Fsp3) is 0.412. The zero-order chi connectivity index (χ0) is 17.7. The van der Waals surface area contributed by atoms with Gasteiger partial charge in [0.25, 0.3) is 5.56 Å². The van der Waals surface area contributed by atoms with Gasteiger partial charge in [0.1, 0.15) is 11.6 Å². The molecular weight excluding hydrogens is 320 g/mol. The maximum atomic E-state index is 12.9. The maximum absolute atomic E-state index is 12.9. The molecule has 0 aromatic carbocycles. The lowest BCUT2D eigenvalue weighted by molar-refractivity contribution is 0.0434. The van der Waals surface area contributed by atoms with Crippen LogP contribution in [0.1, 0.15) is 49.8 Å². The molecule has 3 aromatic heterocycles. The van der Waals surface area contributed by atoms with E-state index in [1.54, 1.807) is 6.20 Å². The zero-order valence-corrected chi connectivity index (χ0v) is 14.0. The molecule has 2 N–H and O–H groups in total. The summed E-state index contributed by atoms with van der Waals surface area (Å²) in [5, 5.41) is 25.9. The molecule has 8 heteroatoms. The van der Waals surface area contributed by atoms with Crippen LogP contribution in [0, 0.1) is 11.3 Å². The summed E-state index contributed by atoms with van der Waals surface area (Å²) in [6.45, 7) is 3.88. The topological polar surface area (TPSA) is 112 Å². The highest BCUT2D eigenvalue weighted by molar-refractivity contribution is 5.67. The quantitative estimate of drug-likeness (QED) is 0.753. The SMILES string of the molecule is CC(C)c1c(-c2cnn(C3CC(O)C3)c2)nc2c(C#N)c[nH]n2c1=O. The van der Waals surface area contributed by atoms with Crippen LogP contribution in [0.4, 0.5) is 0 Å². The van der Waals surface area contributed by atoms with E-state index in [4.69, 9.17) is 0 Å². The second kappa shape index (κ2) is 5.57. The van der Waals surface area contributed by atoms with Crippen molar-refractivity contribution < 1.29 is 5.11 Å². The summed E-state index contributed by atoms with van der Waals surface area (Å²) in [6.07, 6.45) is 6.14. The van der Waals surface area contributed by atoms with Crippen molar-refractivity contribution in [3.8, 4) is 17.3 Å². The van der Waals surface area contributed by atoms with E-state index in [1.807, 2.05) is 30.8 Å². The molecule has 25 heavy (non-hydrogen) atoms. The van der Waals surface area contributed by atoms with Crippen molar-refractivity contribution in [2.75, 3.05) is 0 Å². The van der Waals surface area contributed by atoms with Crippen LogP contribution in [0.3, 0.4) is 0 Å². The average Bonchev–Trinajstić information content (AvgIpc) is 3.18. The first-order valence-corrected chi connectivity index (χ1v) is 8.26. The zero-order valence-electron chi connectivity index (χ0n) is 14.0. The third kappa shape index (κ3) is 2.36. The molecule has 1 aliphatic rings. The van der Waals surface area contributed by atoms with E-state index >= 15 is 0 Å². The lowest BCUT2D eigenvalue weighted by Crippen LogP contribution is -2.31. The molecule has 1 saturated carbocycles. The summed E-state index contributed by atoms with van der Waals surface area (Å²) >= 11 is 0. The Kier molecular flexibility index (Phi) is 3.47. The largest absolute Gasteiger partial charge is 0.393 e. The number of H-pyrrole nitrogens is 1. The van der Waals surface area contributed by atoms with Crippen LogP contribution >= 0.6 is 0 Å². The van der Waals surface area contributed by atoms with Crippen LogP contribution in [-0.2, 0) is 0 Å². The van der Waals surface area contributed by atoms with Gasteiger partial charge in [0.05, 0.1) is 24.0 Å². The molecule has 0 spiro atoms. The molecule has 4 rings (SSSR count). The van der Waals surface area contributed by atoms with Gasteiger partial charge >= 0.3 is 0 Å². The minimum atomic E-state index is -0.263. The Balaban J connectivity index is 1.89. The molecular formula is C17H18N6O2. The monoisotopic (exact) mass is 338 g/mol. The van der Waals surface area contributed by atoms with Crippen molar-refractivity contribution in [1.82, 2.24) is 24.4 Å². The van der Waals surface area contributed by atoms with Crippen LogP contribution < -0.4 is 5.56 Å². The summed E-state index contributed by atoms with van der Waals surface area (Å²) < 4.78 is 3.13. The van der Waals surface area contributed by atoms with E-state index in [1.165, 1.54) is 10.7 Å². The molecule has 0 amide bonds. The normalized spacial score (nSPS) is 20.0. The van der Waals surface area contributed by atoms with Gasteiger partial charge in [-0.25, -0.2) is 9.50 Å². The highest BCUT2D eigenvalue weighted by atomic mass is 16.3. The van der Waals surface area contributed by atoms with Gasteiger partial charge < -0.3 is 5.11 Å². The molecule has 0 unspecified atom stereocenters. The summed E-state index contributed by atoms with van der Waals surface area (Å²) in [5.74, 6) is -0.0328. The van der Waals surface area contributed by atoms with Crippen LogP contribution in [0.2, 0.25) is 0 Å². The number of rotatable bonds is 3. The van der Waals surface area contributed by atoms with Crippen molar-refractivity contribution in [2.45, 2.75) is 44.8 Å². The van der Waals surface area contributed by atoms with E-state index in [9.17, 15) is 15.2 Å². The van der Waals surface area contributed by atoms with E-state index in [0.717, 1.165) is 5.56 Å². The van der Waals surface area contributed by atoms with Crippen LogP contribution in [0.5, 0.6) is 0 Å². The van der Waals surface area contributed by atoms with Crippen LogP contribution in [0.15, 0.2) is 23.4 Å². The number of nitriles is 1. The Hall–Kier alpha value is -2.92. The first kappa shape index (κ1) is 15.6. The number of aromatic nitrogens is 5. The molecule has 3 heterocycles. The van der Waals surface area contributed by atoms with Crippen molar-refractivity contribution in [3.63, 3.8) is 0 Å². The van der Waals surface area contributed by atoms with E-state index < -0.39 is 0 Å². The van der Waals surface area contributed by atoms with Gasteiger partial charge in [0.15, 0.2) is 5.65 Å². The molecule has 0 saturated heterocycles. The Labute approximate surface area is 143 Å². The standard InChI is InChI=1S/C17H18N6O2/c1-9(2)14-15(11-7-19-22(8-11)12-3-13(24)4-12)21-16-10(5-18)6-20-23(16)17(14)25/h6-9,12-13,20,24H,3-4H2,1-2H3. The van der Waals surface area contributed by atoms with Gasteiger partial charge in [0, 0.05) is 23.5 Å². The van der Waals surface area contributed by atoms with Gasteiger partial charge in [-0.3, -0.25) is 14.6 Å². The number of aliphatic hydroxyl groups excluding tert-OH is 1. The first-order chi connectivity index (χ1) is 12.0. The number of nitrogens with zero attached hydrogens (tertiary/aromatic N) is 5. The number of fused-ring (bicyclic) bond motifs is 1. The van der Waals surface area contributed by atoms with Crippen molar-refractivity contribution in [3.05, 3.63) is 40.1 Å². The van der Waals surface area contributed by atoms with Gasteiger partial charge in [-0.05, 0) is 18.8 Å². The van der Waals surface area contributed by atoms with Gasteiger partial charge in [-0.15, -0.1) is 0 Å². The molecule has 0 bridgehead atoms. The summed E-state index contributed by atoms with van der Waals surface area (Å²) in [6, 6.07) is 2.23. The smallest absolute Gasteiger partial charge is 0.276 e. The molecule has 0 radical (unpaired) electrons. The fourth-order valence-corrected chi connectivity index (χ4v) is 3.29. The van der Waals surface area contributed by atoms with E-state index in [0.29, 0.717) is 35.3 Å². The third-order valence-corrected chi connectivity index (χ3v) is 4.73. The molecule has 0 aliphatic heterocycles. The molecule has 1 aliphatic carbocycles. The predicted molar refractivity (Wildman–Crippen MR) is 90.1 cm³/mol. The Bertz CT molecular complexity index is 1050. The highest BCUT2D eigenvalue weighted by Crippen LogP contribution is 2.33. The number of aliphatic hydroxyl groups is 1. The predicted octanol–water partition coefficient (Wildman–Crippen LogP) is 1.58. The summed E-state index contributed by atoms with van der Waals surface area (Å²) in [5.41, 5.74) is 2.32. The van der Waals surface area contributed by atoms with Crippen molar-refractivity contribution >= 4 is 5.65 Å². The number of nitrogens with one attached hydrogen (secondary N) is 1. The van der Waals surface area contributed by atoms with Gasteiger partial charge in [-0.1, -0.05) is 13.8 Å². The third-order valence-electron chi connectivity index (χ3n) is 4.73. The summed E-state index contributed by atoms with van der Waals surface area (Å²) in [7, 11) is 0. The summed E-state index contributed by atoms with van der Waals surface area (Å²) in [4.78, 5) is 17.5. The van der Waals surface area contributed by atoms with Crippen molar-refractivity contribution in [2.24, 2.45) is 0 Å². The second-order valence-electron chi connectivity index (χ2n) is 6.78. The molecule has 1 fully saturated rings. The fourth-order valence-electron chi connectivity index (χ4n) is 3.29. The average molecular weight is 338 g/mol. The molecule has 8 nitrogen and oxygen atoms in total. The Morgan fingerprint density at radius 2 is 2.20 bits per heavy atom. The lowest BCUT2D eigenvalue weighted by atomic mass is 9.90. The van der Waals surface area contributed by atoms with Gasteiger partial charge in [0.2, 0.25) is 0 Å². The van der Waals surface area contributed by atoms with Crippen molar-refractivity contribution in [1.29, 1.82) is 5.26 Å². The van der Waals surface area contributed by atoms with Crippen LogP contribution in [-0.4, -0.2) is 35.6 Å². The lowest BCUT2D eigenvalue weighted by Gasteiger charge is -2.31. The van der Waals surface area contributed by atoms with Gasteiger partial charge in [-0.2, -0.15) is 10.4 Å². The number of aromatic amines is 1. The van der Waals surface area contributed by atoms with E-state index in [-0.39, 0.29) is 23.6 Å². The maximum Gasteiger partial charge on any atom is 0.276 e. The second-order valence-corrected chi connectivity index (χ2v) is 6.78. The number of hydrogen-bond acceptors (Lipinski definition) is 5. The molecule has 128 valence electrons. The molecule has 3 aromatic rings. The highest BCUT2D eigenvalue weighted by Gasteiger charge is 2.30. The minimum Gasteiger partial charge on any atom is -0.393 e. The number of hydrogen-bond donors (Lipinski definition) is 2. The first-order valence-electron chi connectivity index (χ1n) is 8.26. The van der Waals surface area contributed by atoms with E-state index in [2.05, 4.69) is 15.2 Å². The minimum absolute atomic E-state index is 0.0328. The van der Waals surface area contributed by atoms with Crippen LogP contribution in [0.25, 0.3) is 16.9 Å². The molecule has 0 atom stereocenters. The Morgan fingerprint density at radius 1 is 1.44 bits per heavy atom.